The summed E-state index contributed by atoms with van der Waals surface area (Å²) < 4.78 is 11.7. The highest BCUT2D eigenvalue weighted by molar-refractivity contribution is 5.79. The molecule has 32 heavy (non-hydrogen) atoms. The predicted octanol–water partition coefficient (Wildman–Crippen LogP) is 5.12. The Morgan fingerprint density at radius 1 is 1.06 bits per heavy atom. The van der Waals surface area contributed by atoms with Crippen molar-refractivity contribution in [2.45, 2.75) is 63.5 Å². The molecule has 2 atom stereocenters. The fraction of sp³-hybridized carbons (Fsp3) is 0.480. The average Bonchev–Trinajstić information content (AvgIpc) is 3.50. The van der Waals surface area contributed by atoms with Crippen LogP contribution in [-0.4, -0.2) is 24.0 Å². The second-order valence-electron chi connectivity index (χ2n) is 8.78. The summed E-state index contributed by atoms with van der Waals surface area (Å²) in [6, 6.07) is 12.4. The summed E-state index contributed by atoms with van der Waals surface area (Å²) in [4.78, 5) is 23.0. The Labute approximate surface area is 188 Å². The second kappa shape index (κ2) is 10.0. The number of methoxy groups -OCH3 is 1. The van der Waals surface area contributed by atoms with Gasteiger partial charge in [-0.15, -0.1) is 0 Å². The molecule has 0 heterocycles. The molecule has 2 fully saturated rings. The van der Waals surface area contributed by atoms with Gasteiger partial charge < -0.3 is 14.8 Å². The number of ether oxygens (including phenoxy) is 2. The molecule has 0 aromatic heterocycles. The highest BCUT2D eigenvalue weighted by atomic mass is 16.6. The number of rotatable bonds is 8. The molecule has 2 aliphatic rings. The first-order valence-electron chi connectivity index (χ1n) is 11.4. The Morgan fingerprint density at radius 3 is 2.50 bits per heavy atom. The first-order chi connectivity index (χ1) is 15.5. The quantitative estimate of drug-likeness (QED) is 0.456. The first kappa shape index (κ1) is 22.1. The number of non-ortho nitro benzene ring substituents is 1. The van der Waals surface area contributed by atoms with Crippen LogP contribution >= 0.6 is 0 Å². The SMILES string of the molecule is COc1ccc(C2CCC(C(=O)NCc3ccc([N+](=O)[O-])cc3)C2)cc1OC1CCCC1. The highest BCUT2D eigenvalue weighted by Gasteiger charge is 2.31. The lowest BCUT2D eigenvalue weighted by Crippen LogP contribution is -2.28. The van der Waals surface area contributed by atoms with E-state index in [9.17, 15) is 14.9 Å². The lowest BCUT2D eigenvalue weighted by molar-refractivity contribution is -0.384. The van der Waals surface area contributed by atoms with Gasteiger partial charge in [0.25, 0.3) is 5.69 Å². The molecular weight excluding hydrogens is 408 g/mol. The molecule has 2 saturated carbocycles. The molecule has 0 aliphatic heterocycles. The summed E-state index contributed by atoms with van der Waals surface area (Å²) in [5, 5.41) is 13.7. The molecule has 0 saturated heterocycles. The van der Waals surface area contributed by atoms with Gasteiger partial charge in [-0.25, -0.2) is 0 Å². The lowest BCUT2D eigenvalue weighted by atomic mass is 9.95. The van der Waals surface area contributed by atoms with Crippen LogP contribution in [0.3, 0.4) is 0 Å². The Kier molecular flexibility index (Phi) is 6.93. The molecule has 1 amide bonds. The number of nitro groups is 1. The Balaban J connectivity index is 1.34. The molecule has 0 radical (unpaired) electrons. The molecule has 170 valence electrons. The smallest absolute Gasteiger partial charge is 0.269 e. The zero-order valence-corrected chi connectivity index (χ0v) is 18.4. The molecular formula is C25H30N2O5. The molecule has 7 nitrogen and oxygen atoms in total. The van der Waals surface area contributed by atoms with Crippen molar-refractivity contribution >= 4 is 11.6 Å². The molecule has 1 N–H and O–H groups in total. The third-order valence-corrected chi connectivity index (χ3v) is 6.67. The standard InChI is InChI=1S/C25H30N2O5/c1-31-23-13-10-19(15-24(23)32-22-4-2-3-5-22)18-8-9-20(14-18)25(28)26-16-17-6-11-21(12-7-17)27(29)30/h6-7,10-13,15,18,20,22H,2-5,8-9,14,16H2,1H3,(H,26,28). The van der Waals surface area contributed by atoms with E-state index in [0.717, 1.165) is 49.2 Å². The van der Waals surface area contributed by atoms with Crippen LogP contribution in [0.15, 0.2) is 42.5 Å². The van der Waals surface area contributed by atoms with E-state index in [1.165, 1.54) is 30.5 Å². The molecule has 4 rings (SSSR count). The van der Waals surface area contributed by atoms with Gasteiger partial charge in [0.1, 0.15) is 0 Å². The van der Waals surface area contributed by atoms with E-state index in [1.807, 2.05) is 6.07 Å². The van der Waals surface area contributed by atoms with Crippen molar-refractivity contribution in [3.63, 3.8) is 0 Å². The second-order valence-corrected chi connectivity index (χ2v) is 8.78. The Morgan fingerprint density at radius 2 is 1.81 bits per heavy atom. The molecule has 7 heteroatoms. The largest absolute Gasteiger partial charge is 0.493 e. The number of nitrogens with zero attached hydrogens (tertiary/aromatic N) is 1. The number of nitro benzene ring substituents is 1. The van der Waals surface area contributed by atoms with Gasteiger partial charge in [0, 0.05) is 24.6 Å². The summed E-state index contributed by atoms with van der Waals surface area (Å²) in [6.45, 7) is 0.375. The van der Waals surface area contributed by atoms with E-state index in [4.69, 9.17) is 9.47 Å². The van der Waals surface area contributed by atoms with Gasteiger partial charge in [0.15, 0.2) is 11.5 Å². The van der Waals surface area contributed by atoms with E-state index < -0.39 is 4.92 Å². The van der Waals surface area contributed by atoms with Crippen molar-refractivity contribution in [1.82, 2.24) is 5.32 Å². The van der Waals surface area contributed by atoms with E-state index in [2.05, 4.69) is 17.4 Å². The van der Waals surface area contributed by atoms with Gasteiger partial charge in [-0.2, -0.15) is 0 Å². The van der Waals surface area contributed by atoms with Gasteiger partial charge in [0.2, 0.25) is 5.91 Å². The third-order valence-electron chi connectivity index (χ3n) is 6.67. The summed E-state index contributed by atoms with van der Waals surface area (Å²) in [6.07, 6.45) is 7.49. The van der Waals surface area contributed by atoms with Gasteiger partial charge in [0.05, 0.1) is 18.1 Å². The van der Waals surface area contributed by atoms with Crippen LogP contribution in [0, 0.1) is 16.0 Å². The lowest BCUT2D eigenvalue weighted by Gasteiger charge is -2.19. The molecule has 2 aromatic rings. The van der Waals surface area contributed by atoms with Crippen LogP contribution in [-0.2, 0) is 11.3 Å². The van der Waals surface area contributed by atoms with E-state index in [0.29, 0.717) is 12.5 Å². The normalized spacial score (nSPS) is 20.8. The van der Waals surface area contributed by atoms with Gasteiger partial charge >= 0.3 is 0 Å². The van der Waals surface area contributed by atoms with Crippen molar-refractivity contribution in [1.29, 1.82) is 0 Å². The minimum absolute atomic E-state index is 0.0284. The van der Waals surface area contributed by atoms with Crippen molar-refractivity contribution in [3.05, 3.63) is 63.7 Å². The van der Waals surface area contributed by atoms with Crippen molar-refractivity contribution < 1.29 is 19.2 Å². The van der Waals surface area contributed by atoms with E-state index in [-0.39, 0.29) is 23.6 Å². The van der Waals surface area contributed by atoms with Crippen molar-refractivity contribution in [3.8, 4) is 11.5 Å². The molecule has 0 spiro atoms. The van der Waals surface area contributed by atoms with E-state index >= 15 is 0 Å². The van der Waals surface area contributed by atoms with E-state index in [1.54, 1.807) is 19.2 Å². The van der Waals surface area contributed by atoms with Crippen LogP contribution in [0.2, 0.25) is 0 Å². The van der Waals surface area contributed by atoms with Crippen LogP contribution in [0.1, 0.15) is 62.0 Å². The summed E-state index contributed by atoms with van der Waals surface area (Å²) >= 11 is 0. The average molecular weight is 439 g/mol. The maximum Gasteiger partial charge on any atom is 0.269 e. The number of nitrogens with one attached hydrogen (secondary N) is 1. The number of hydrogen-bond donors (Lipinski definition) is 1. The van der Waals surface area contributed by atoms with Gasteiger partial charge in [-0.3, -0.25) is 14.9 Å². The van der Waals surface area contributed by atoms with Crippen molar-refractivity contribution in [2.75, 3.05) is 7.11 Å². The fourth-order valence-electron chi connectivity index (χ4n) is 4.82. The minimum atomic E-state index is -0.426. The molecule has 2 unspecified atom stereocenters. The first-order valence-corrected chi connectivity index (χ1v) is 11.4. The monoisotopic (exact) mass is 438 g/mol. The molecule has 2 aromatic carbocycles. The van der Waals surface area contributed by atoms with Gasteiger partial charge in [-0.1, -0.05) is 18.2 Å². The Hall–Kier alpha value is -3.09. The van der Waals surface area contributed by atoms with Crippen molar-refractivity contribution in [2.24, 2.45) is 5.92 Å². The van der Waals surface area contributed by atoms with Gasteiger partial charge in [-0.05, 0) is 74.1 Å². The fourth-order valence-corrected chi connectivity index (χ4v) is 4.82. The Bertz CT molecular complexity index is 953. The maximum atomic E-state index is 12.7. The number of benzene rings is 2. The zero-order chi connectivity index (χ0) is 22.5. The highest BCUT2D eigenvalue weighted by Crippen LogP contribution is 2.42. The number of carbonyl (C=O) groups excluding carboxylic acids is 1. The van der Waals surface area contributed by atoms with Crippen LogP contribution in [0.5, 0.6) is 11.5 Å². The van der Waals surface area contributed by atoms with Crippen LogP contribution in [0.4, 0.5) is 5.69 Å². The predicted molar refractivity (Wildman–Crippen MR) is 121 cm³/mol. The summed E-state index contributed by atoms with van der Waals surface area (Å²) in [5.41, 5.74) is 2.10. The summed E-state index contributed by atoms with van der Waals surface area (Å²) in [7, 11) is 1.66. The number of carbonyl (C=O) groups is 1. The van der Waals surface area contributed by atoms with Crippen LogP contribution < -0.4 is 14.8 Å². The third kappa shape index (κ3) is 5.21. The number of hydrogen-bond acceptors (Lipinski definition) is 5. The maximum absolute atomic E-state index is 12.7. The number of amides is 1. The topological polar surface area (TPSA) is 90.7 Å². The molecule has 2 aliphatic carbocycles. The van der Waals surface area contributed by atoms with Crippen LogP contribution in [0.25, 0.3) is 0 Å². The summed E-state index contributed by atoms with van der Waals surface area (Å²) in [5.74, 6) is 1.90. The molecule has 0 bridgehead atoms. The zero-order valence-electron chi connectivity index (χ0n) is 18.4. The minimum Gasteiger partial charge on any atom is -0.493 e.